The number of hydrogen-bond donors (Lipinski definition) is 1. The van der Waals surface area contributed by atoms with Crippen molar-refractivity contribution in [1.29, 1.82) is 0 Å². The number of methoxy groups -OCH3 is 1. The molecule has 0 bridgehead atoms. The number of carbonyl (C=O) groups excluding carboxylic acids is 3. The Morgan fingerprint density at radius 1 is 1.00 bits per heavy atom. The summed E-state index contributed by atoms with van der Waals surface area (Å²) in [6, 6.07) is -0.481. The van der Waals surface area contributed by atoms with Crippen molar-refractivity contribution in [3.05, 3.63) is 0 Å². The van der Waals surface area contributed by atoms with Crippen LogP contribution in [0.3, 0.4) is 0 Å². The Morgan fingerprint density at radius 3 is 1.93 bits per heavy atom. The van der Waals surface area contributed by atoms with E-state index in [0.29, 0.717) is 13.0 Å². The maximum absolute atomic E-state index is 12.5. The molecule has 8 nitrogen and oxygen atoms in total. The lowest BCUT2D eigenvalue weighted by Crippen LogP contribution is -2.64. The number of ether oxygens (including phenoxy) is 3. The highest BCUT2D eigenvalue weighted by atomic mass is 16.6. The third-order valence-electron chi connectivity index (χ3n) is 4.55. The van der Waals surface area contributed by atoms with Crippen molar-refractivity contribution in [2.75, 3.05) is 26.7 Å². The fourth-order valence-electron chi connectivity index (χ4n) is 3.17. The minimum Gasteiger partial charge on any atom is -0.468 e. The van der Waals surface area contributed by atoms with E-state index >= 15 is 0 Å². The monoisotopic (exact) mass is 414 g/mol. The van der Waals surface area contributed by atoms with E-state index < -0.39 is 28.8 Å². The average Bonchev–Trinajstić information content (AvgIpc) is 2.48. The summed E-state index contributed by atoms with van der Waals surface area (Å²) in [5.41, 5.74) is -1.96. The van der Waals surface area contributed by atoms with Crippen LogP contribution in [-0.2, 0) is 23.8 Å². The molecule has 0 spiro atoms. The second kappa shape index (κ2) is 9.32. The highest BCUT2D eigenvalue weighted by Crippen LogP contribution is 2.36. The Balaban J connectivity index is 2.70. The van der Waals surface area contributed by atoms with Gasteiger partial charge in [0.05, 0.1) is 7.11 Å². The van der Waals surface area contributed by atoms with Crippen molar-refractivity contribution in [1.82, 2.24) is 10.2 Å². The second-order valence-corrected chi connectivity index (χ2v) is 10.1. The summed E-state index contributed by atoms with van der Waals surface area (Å²) in [4.78, 5) is 38.5. The maximum Gasteiger partial charge on any atom is 0.410 e. The molecule has 8 heteroatoms. The molecule has 0 aromatic carbocycles. The molecule has 1 aliphatic rings. The van der Waals surface area contributed by atoms with E-state index in [2.05, 4.69) is 5.32 Å². The highest BCUT2D eigenvalue weighted by molar-refractivity contribution is 5.82. The van der Waals surface area contributed by atoms with Gasteiger partial charge in [-0.05, 0) is 60.4 Å². The number of amides is 1. The second-order valence-electron chi connectivity index (χ2n) is 10.1. The van der Waals surface area contributed by atoms with Gasteiger partial charge in [0, 0.05) is 13.1 Å². The zero-order valence-electron chi connectivity index (χ0n) is 19.4. The first kappa shape index (κ1) is 25.2. The number of nitrogens with zero attached hydrogens (tertiary/aromatic N) is 1. The molecule has 1 amide bonds. The molecular formula is C21H38N2O6. The standard InChI is InChI=1S/C21H38N2O6/c1-14(2)15(16(24)28-19(3,4)5)22-11-10-21(17(25)27-9)12-23(13-21)18(26)29-20(6,7)8/h14-15,22H,10-13H2,1-9H3/t15-/m0/s1. The fourth-order valence-corrected chi connectivity index (χ4v) is 3.17. The smallest absolute Gasteiger partial charge is 0.410 e. The summed E-state index contributed by atoms with van der Waals surface area (Å²) in [7, 11) is 1.34. The van der Waals surface area contributed by atoms with Gasteiger partial charge in [-0.3, -0.25) is 9.59 Å². The number of esters is 2. The molecule has 0 unspecified atom stereocenters. The molecule has 1 atom stereocenters. The minimum atomic E-state index is -0.798. The fraction of sp³-hybridized carbons (Fsp3) is 0.857. The van der Waals surface area contributed by atoms with Gasteiger partial charge in [0.2, 0.25) is 0 Å². The van der Waals surface area contributed by atoms with E-state index in [4.69, 9.17) is 14.2 Å². The summed E-state index contributed by atoms with van der Waals surface area (Å²) < 4.78 is 15.8. The predicted molar refractivity (Wildman–Crippen MR) is 109 cm³/mol. The Labute approximate surface area is 174 Å². The van der Waals surface area contributed by atoms with Crippen LogP contribution in [0.1, 0.15) is 61.8 Å². The van der Waals surface area contributed by atoms with E-state index in [9.17, 15) is 14.4 Å². The third kappa shape index (κ3) is 7.49. The molecular weight excluding hydrogens is 376 g/mol. The SMILES string of the molecule is COC(=O)C1(CCN[C@H](C(=O)OC(C)(C)C)C(C)C)CN(C(=O)OC(C)(C)C)C1. The van der Waals surface area contributed by atoms with Crippen LogP contribution >= 0.6 is 0 Å². The van der Waals surface area contributed by atoms with Crippen molar-refractivity contribution in [3.8, 4) is 0 Å². The molecule has 1 saturated heterocycles. The third-order valence-corrected chi connectivity index (χ3v) is 4.55. The molecule has 0 radical (unpaired) electrons. The molecule has 1 aliphatic heterocycles. The molecule has 0 saturated carbocycles. The van der Waals surface area contributed by atoms with Crippen LogP contribution in [0, 0.1) is 11.3 Å². The van der Waals surface area contributed by atoms with Crippen molar-refractivity contribution < 1.29 is 28.6 Å². The lowest BCUT2D eigenvalue weighted by Gasteiger charge is -2.47. The quantitative estimate of drug-likeness (QED) is 0.506. The zero-order valence-corrected chi connectivity index (χ0v) is 19.4. The van der Waals surface area contributed by atoms with Gasteiger partial charge in [-0.2, -0.15) is 0 Å². The summed E-state index contributed by atoms with van der Waals surface area (Å²) in [6.45, 7) is 15.6. The molecule has 168 valence electrons. The number of carbonyl (C=O) groups is 3. The zero-order chi connectivity index (χ0) is 22.6. The molecule has 0 aromatic heterocycles. The van der Waals surface area contributed by atoms with E-state index in [-0.39, 0.29) is 30.9 Å². The summed E-state index contributed by atoms with van der Waals surface area (Å²) in [6.07, 6.45) is -0.0101. The van der Waals surface area contributed by atoms with Crippen LogP contribution in [0.25, 0.3) is 0 Å². The maximum atomic E-state index is 12.5. The lowest BCUT2D eigenvalue weighted by molar-refractivity contribution is -0.164. The van der Waals surface area contributed by atoms with Gasteiger partial charge in [-0.25, -0.2) is 4.79 Å². The van der Waals surface area contributed by atoms with E-state index in [1.807, 2.05) is 34.6 Å². The lowest BCUT2D eigenvalue weighted by atomic mass is 9.77. The van der Waals surface area contributed by atoms with Crippen molar-refractivity contribution in [3.63, 3.8) is 0 Å². The number of rotatable bonds is 7. The van der Waals surface area contributed by atoms with Gasteiger partial charge in [0.25, 0.3) is 0 Å². The van der Waals surface area contributed by atoms with Gasteiger partial charge >= 0.3 is 18.0 Å². The summed E-state index contributed by atoms with van der Waals surface area (Å²) >= 11 is 0. The minimum absolute atomic E-state index is 0.0265. The van der Waals surface area contributed by atoms with Crippen LogP contribution in [0.5, 0.6) is 0 Å². The highest BCUT2D eigenvalue weighted by Gasteiger charge is 2.52. The van der Waals surface area contributed by atoms with Crippen LogP contribution < -0.4 is 5.32 Å². The van der Waals surface area contributed by atoms with Crippen molar-refractivity contribution in [2.24, 2.45) is 11.3 Å². The van der Waals surface area contributed by atoms with Crippen molar-refractivity contribution in [2.45, 2.75) is 79.1 Å². The molecule has 1 N–H and O–H groups in total. The van der Waals surface area contributed by atoms with E-state index in [0.717, 1.165) is 0 Å². The first-order valence-electron chi connectivity index (χ1n) is 10.1. The Hall–Kier alpha value is -1.83. The van der Waals surface area contributed by atoms with Crippen molar-refractivity contribution >= 4 is 18.0 Å². The van der Waals surface area contributed by atoms with Gasteiger partial charge in [0.15, 0.2) is 0 Å². The topological polar surface area (TPSA) is 94.2 Å². The predicted octanol–water partition coefficient (Wildman–Crippen LogP) is 2.74. The van der Waals surface area contributed by atoms with Gasteiger partial charge in [0.1, 0.15) is 22.7 Å². The molecule has 1 rings (SSSR count). The van der Waals surface area contributed by atoms with Crippen LogP contribution in [0.4, 0.5) is 4.79 Å². The molecule has 0 aromatic rings. The number of likely N-dealkylation sites (tertiary alicyclic amines) is 1. The summed E-state index contributed by atoms with van der Waals surface area (Å²) in [5.74, 6) is -0.653. The van der Waals surface area contributed by atoms with Crippen LogP contribution in [0.15, 0.2) is 0 Å². The normalized spacial score (nSPS) is 17.4. The Morgan fingerprint density at radius 2 is 1.52 bits per heavy atom. The largest absolute Gasteiger partial charge is 0.468 e. The Kier molecular flexibility index (Phi) is 8.10. The Bertz CT molecular complexity index is 597. The van der Waals surface area contributed by atoms with Gasteiger partial charge < -0.3 is 24.4 Å². The van der Waals surface area contributed by atoms with Crippen LogP contribution in [-0.4, -0.2) is 66.9 Å². The average molecular weight is 415 g/mol. The molecule has 1 heterocycles. The van der Waals surface area contributed by atoms with Gasteiger partial charge in [-0.15, -0.1) is 0 Å². The van der Waals surface area contributed by atoms with Crippen LogP contribution in [0.2, 0.25) is 0 Å². The van der Waals surface area contributed by atoms with Gasteiger partial charge in [-0.1, -0.05) is 13.8 Å². The molecule has 1 fully saturated rings. The van der Waals surface area contributed by atoms with E-state index in [1.54, 1.807) is 20.8 Å². The molecule has 0 aliphatic carbocycles. The van der Waals surface area contributed by atoms with E-state index in [1.165, 1.54) is 12.0 Å². The first-order chi connectivity index (χ1) is 13.1. The molecule has 29 heavy (non-hydrogen) atoms. The first-order valence-corrected chi connectivity index (χ1v) is 10.1. The number of nitrogens with one attached hydrogen (secondary N) is 1. The number of hydrogen-bond acceptors (Lipinski definition) is 7. The summed E-state index contributed by atoms with van der Waals surface area (Å²) in [5, 5.41) is 3.21.